The molecule has 3 aromatic rings. The number of hydrogen-bond donors (Lipinski definition) is 4. The minimum atomic E-state index is -0.632. The van der Waals surface area contributed by atoms with Crippen molar-refractivity contribution in [3.63, 3.8) is 0 Å². The monoisotopic (exact) mass is 479 g/mol. The summed E-state index contributed by atoms with van der Waals surface area (Å²) in [6.07, 6.45) is 3.38. The summed E-state index contributed by atoms with van der Waals surface area (Å²) in [5.41, 5.74) is 7.84. The summed E-state index contributed by atoms with van der Waals surface area (Å²) in [7, 11) is 0. The number of carbonyl (C=O) groups is 2. The number of halogens is 1. The molecule has 3 amide bonds. The van der Waals surface area contributed by atoms with Crippen molar-refractivity contribution in [3.05, 3.63) is 70.9 Å². The van der Waals surface area contributed by atoms with Gasteiger partial charge in [-0.2, -0.15) is 4.98 Å². The quantitative estimate of drug-likeness (QED) is 0.386. The van der Waals surface area contributed by atoms with Crippen molar-refractivity contribution >= 4 is 46.7 Å². The minimum absolute atomic E-state index is 0.120. The van der Waals surface area contributed by atoms with Crippen molar-refractivity contribution < 1.29 is 9.59 Å². The molecule has 0 radical (unpaired) electrons. The zero-order valence-electron chi connectivity index (χ0n) is 18.7. The summed E-state index contributed by atoms with van der Waals surface area (Å²) >= 11 is 6.29. The number of anilines is 4. The van der Waals surface area contributed by atoms with Crippen LogP contribution in [0.4, 0.5) is 27.9 Å². The van der Waals surface area contributed by atoms with Crippen LogP contribution in [0.1, 0.15) is 41.7 Å². The molecule has 0 aliphatic carbocycles. The van der Waals surface area contributed by atoms with E-state index in [0.717, 1.165) is 31.5 Å². The van der Waals surface area contributed by atoms with E-state index in [4.69, 9.17) is 17.3 Å². The van der Waals surface area contributed by atoms with E-state index in [9.17, 15) is 9.59 Å². The van der Waals surface area contributed by atoms with Crippen molar-refractivity contribution in [2.24, 2.45) is 5.73 Å². The van der Waals surface area contributed by atoms with Crippen LogP contribution in [0, 0.1) is 0 Å². The predicted molar refractivity (Wildman–Crippen MR) is 134 cm³/mol. The van der Waals surface area contributed by atoms with Gasteiger partial charge < -0.3 is 26.6 Å². The number of benzene rings is 2. The Morgan fingerprint density at radius 1 is 1.12 bits per heavy atom. The number of nitrogens with zero attached hydrogens (tertiary/aromatic N) is 3. The number of primary amides is 1. The summed E-state index contributed by atoms with van der Waals surface area (Å²) in [6.45, 7) is 3.43. The second-order valence-electron chi connectivity index (χ2n) is 8.04. The lowest BCUT2D eigenvalue weighted by Crippen LogP contribution is -2.32. The molecule has 1 aromatic heterocycles. The van der Waals surface area contributed by atoms with Crippen LogP contribution in [-0.2, 0) is 0 Å². The van der Waals surface area contributed by atoms with Crippen molar-refractivity contribution in [3.8, 4) is 0 Å². The zero-order chi connectivity index (χ0) is 24.1. The zero-order valence-corrected chi connectivity index (χ0v) is 19.5. The summed E-state index contributed by atoms with van der Waals surface area (Å²) in [4.78, 5) is 34.8. The number of amides is 3. The second kappa shape index (κ2) is 10.4. The highest BCUT2D eigenvalue weighted by molar-refractivity contribution is 6.33. The van der Waals surface area contributed by atoms with Crippen molar-refractivity contribution in [2.75, 3.05) is 29.0 Å². The van der Waals surface area contributed by atoms with Crippen LogP contribution >= 0.6 is 11.6 Å². The smallest absolute Gasteiger partial charge is 0.321 e. The molecular weight excluding hydrogens is 454 g/mol. The molecule has 1 fully saturated rings. The van der Waals surface area contributed by atoms with Crippen LogP contribution in [0.15, 0.2) is 54.7 Å². The summed E-state index contributed by atoms with van der Waals surface area (Å²) in [5, 5.41) is 9.61. The van der Waals surface area contributed by atoms with E-state index in [1.165, 1.54) is 6.20 Å². The third-order valence-corrected chi connectivity index (χ3v) is 5.89. The molecule has 34 heavy (non-hydrogen) atoms. The Labute approximate surface area is 202 Å². The molecule has 0 spiro atoms. The van der Waals surface area contributed by atoms with E-state index in [2.05, 4.69) is 25.9 Å². The molecule has 5 N–H and O–H groups in total. The standard InChI is InChI=1S/C24H26ClN7O2/c1-15(16-7-3-2-4-8-16)28-22-18(21(26)33)14-27-23(31-22)29-17-9-10-19(25)20(13-17)30-24(34)32-11-5-6-12-32/h2-4,7-10,13-15H,5-6,11-12H2,1H3,(H2,26,33)(H,30,34)(H2,27,28,29,31). The number of carbonyl (C=O) groups excluding carboxylic acids is 2. The van der Waals surface area contributed by atoms with Gasteiger partial charge in [0.2, 0.25) is 5.95 Å². The summed E-state index contributed by atoms with van der Waals surface area (Å²) < 4.78 is 0. The first-order valence-electron chi connectivity index (χ1n) is 11.0. The molecule has 1 saturated heterocycles. The molecule has 0 saturated carbocycles. The normalized spacial score (nSPS) is 13.9. The second-order valence-corrected chi connectivity index (χ2v) is 8.45. The van der Waals surface area contributed by atoms with Gasteiger partial charge in [0.15, 0.2) is 0 Å². The van der Waals surface area contributed by atoms with Crippen LogP contribution in [0.5, 0.6) is 0 Å². The Bertz CT molecular complexity index is 1180. The van der Waals surface area contributed by atoms with Gasteiger partial charge in [-0.15, -0.1) is 0 Å². The third-order valence-electron chi connectivity index (χ3n) is 5.56. The van der Waals surface area contributed by atoms with E-state index < -0.39 is 5.91 Å². The lowest BCUT2D eigenvalue weighted by molar-refractivity contribution is 0.100. The number of nitrogens with two attached hydrogens (primary N) is 1. The molecule has 10 heteroatoms. The van der Waals surface area contributed by atoms with Crippen LogP contribution in [0.3, 0.4) is 0 Å². The maximum atomic E-state index is 12.5. The molecule has 1 atom stereocenters. The number of urea groups is 1. The number of aromatic nitrogens is 2. The Morgan fingerprint density at radius 3 is 2.56 bits per heavy atom. The van der Waals surface area contributed by atoms with Crippen LogP contribution in [0.2, 0.25) is 5.02 Å². The Kier molecular flexibility index (Phi) is 7.12. The first-order valence-corrected chi connectivity index (χ1v) is 11.4. The van der Waals surface area contributed by atoms with E-state index in [-0.39, 0.29) is 23.6 Å². The molecule has 0 bridgehead atoms. The fourth-order valence-electron chi connectivity index (χ4n) is 3.70. The average molecular weight is 480 g/mol. The maximum absolute atomic E-state index is 12.5. The van der Waals surface area contributed by atoms with Gasteiger partial charge in [-0.05, 0) is 43.5 Å². The number of likely N-dealkylation sites (tertiary alicyclic amines) is 1. The summed E-state index contributed by atoms with van der Waals surface area (Å²) in [6, 6.07) is 14.6. The number of hydrogen-bond acceptors (Lipinski definition) is 6. The Balaban J connectivity index is 1.53. The van der Waals surface area contributed by atoms with Crippen molar-refractivity contribution in [1.82, 2.24) is 14.9 Å². The topological polar surface area (TPSA) is 125 Å². The molecule has 1 aliphatic rings. The molecule has 2 heterocycles. The highest BCUT2D eigenvalue weighted by Crippen LogP contribution is 2.28. The van der Waals surface area contributed by atoms with Gasteiger partial charge in [-0.1, -0.05) is 41.9 Å². The molecule has 9 nitrogen and oxygen atoms in total. The molecule has 1 unspecified atom stereocenters. The average Bonchev–Trinajstić information content (AvgIpc) is 3.37. The lowest BCUT2D eigenvalue weighted by Gasteiger charge is -2.18. The van der Waals surface area contributed by atoms with E-state index in [1.54, 1.807) is 23.1 Å². The van der Waals surface area contributed by atoms with Gasteiger partial charge in [-0.25, -0.2) is 9.78 Å². The van der Waals surface area contributed by atoms with Gasteiger partial charge in [-0.3, -0.25) is 4.79 Å². The van der Waals surface area contributed by atoms with Gasteiger partial charge in [0.1, 0.15) is 5.82 Å². The molecular formula is C24H26ClN7O2. The van der Waals surface area contributed by atoms with E-state index in [1.807, 2.05) is 37.3 Å². The first-order chi connectivity index (χ1) is 16.4. The SMILES string of the molecule is CC(Nc1nc(Nc2ccc(Cl)c(NC(=O)N3CCCC3)c2)ncc1C(N)=O)c1ccccc1. The molecule has 176 valence electrons. The van der Waals surface area contributed by atoms with Crippen molar-refractivity contribution in [1.29, 1.82) is 0 Å². The van der Waals surface area contributed by atoms with Crippen LogP contribution < -0.4 is 21.7 Å². The van der Waals surface area contributed by atoms with Crippen LogP contribution in [-0.4, -0.2) is 39.9 Å². The number of rotatable bonds is 7. The van der Waals surface area contributed by atoms with E-state index >= 15 is 0 Å². The van der Waals surface area contributed by atoms with Gasteiger partial charge in [0.05, 0.1) is 16.3 Å². The Morgan fingerprint density at radius 2 is 1.85 bits per heavy atom. The molecule has 1 aliphatic heterocycles. The maximum Gasteiger partial charge on any atom is 0.321 e. The fourth-order valence-corrected chi connectivity index (χ4v) is 3.87. The predicted octanol–water partition coefficient (Wildman–Crippen LogP) is 4.77. The molecule has 4 rings (SSSR count). The van der Waals surface area contributed by atoms with Gasteiger partial charge in [0, 0.05) is 31.0 Å². The molecule has 2 aromatic carbocycles. The van der Waals surface area contributed by atoms with Crippen LogP contribution in [0.25, 0.3) is 0 Å². The highest BCUT2D eigenvalue weighted by Gasteiger charge is 2.19. The first kappa shape index (κ1) is 23.3. The number of nitrogens with one attached hydrogen (secondary N) is 3. The van der Waals surface area contributed by atoms with Gasteiger partial charge >= 0.3 is 6.03 Å². The van der Waals surface area contributed by atoms with Gasteiger partial charge in [0.25, 0.3) is 5.91 Å². The minimum Gasteiger partial charge on any atom is -0.365 e. The highest BCUT2D eigenvalue weighted by atomic mass is 35.5. The van der Waals surface area contributed by atoms with E-state index in [0.29, 0.717) is 22.2 Å². The third kappa shape index (κ3) is 5.55. The Hall–Kier alpha value is -3.85. The van der Waals surface area contributed by atoms with Crippen molar-refractivity contribution in [2.45, 2.75) is 25.8 Å². The largest absolute Gasteiger partial charge is 0.365 e. The lowest BCUT2D eigenvalue weighted by atomic mass is 10.1. The fraction of sp³-hybridized carbons (Fsp3) is 0.250. The summed E-state index contributed by atoms with van der Waals surface area (Å²) in [5.74, 6) is -0.0579.